The van der Waals surface area contributed by atoms with Gasteiger partial charge in [-0.05, 0) is 73.1 Å². The summed E-state index contributed by atoms with van der Waals surface area (Å²) in [6, 6.07) is 10.3. The molecule has 8 heteroatoms. The van der Waals surface area contributed by atoms with E-state index in [9.17, 15) is 14.7 Å². The Kier molecular flexibility index (Phi) is 8.37. The number of thiazole rings is 1. The van der Waals surface area contributed by atoms with Crippen molar-refractivity contribution in [1.29, 1.82) is 0 Å². The van der Waals surface area contributed by atoms with E-state index < -0.39 is 0 Å². The number of hydrogen-bond acceptors (Lipinski definition) is 6. The molecule has 0 spiro atoms. The molecule has 0 radical (unpaired) electrons. The zero-order valence-electron chi connectivity index (χ0n) is 19.7. The van der Waals surface area contributed by atoms with Crippen LogP contribution in [0, 0.1) is 0 Å². The average molecular weight is 483 g/mol. The Balaban J connectivity index is 1.42. The zero-order valence-corrected chi connectivity index (χ0v) is 20.5. The van der Waals surface area contributed by atoms with E-state index in [4.69, 9.17) is 0 Å². The number of benzene rings is 2. The maximum absolute atomic E-state index is 11.6. The van der Waals surface area contributed by atoms with Gasteiger partial charge in [0.2, 0.25) is 6.41 Å². The molecule has 182 valence electrons. The third-order valence-electron chi connectivity index (χ3n) is 6.64. The van der Waals surface area contributed by atoms with E-state index in [1.54, 1.807) is 6.07 Å². The molecule has 0 bridgehead atoms. The highest BCUT2D eigenvalue weighted by Gasteiger charge is 2.25. The highest BCUT2D eigenvalue weighted by molar-refractivity contribution is 7.16. The number of amides is 1. The molecular weight excluding hydrogens is 448 g/mol. The summed E-state index contributed by atoms with van der Waals surface area (Å²) in [5.74, 6) is 0.128. The third-order valence-corrected chi connectivity index (χ3v) is 7.49. The summed E-state index contributed by atoms with van der Waals surface area (Å²) in [4.78, 5) is 25.3. The Hall–Kier alpha value is -2.68. The molecule has 1 aromatic heterocycles. The van der Waals surface area contributed by atoms with Gasteiger partial charge in [0.05, 0.1) is 15.9 Å². The predicted octanol–water partition coefficient (Wildman–Crippen LogP) is 4.35. The van der Waals surface area contributed by atoms with Crippen molar-refractivity contribution in [2.24, 2.45) is 0 Å². The van der Waals surface area contributed by atoms with Gasteiger partial charge in [0.25, 0.3) is 0 Å². The largest absolute Gasteiger partial charge is 0.506 e. The zero-order chi connectivity index (χ0) is 23.9. The number of aryl methyl sites for hydroxylation is 1. The summed E-state index contributed by atoms with van der Waals surface area (Å²) in [7, 11) is 0. The minimum atomic E-state index is -0.0130. The first-order chi connectivity index (χ1) is 16.6. The second-order valence-corrected chi connectivity index (χ2v) is 10.1. The van der Waals surface area contributed by atoms with E-state index in [1.165, 1.54) is 41.7 Å². The molecule has 1 heterocycles. The Morgan fingerprint density at radius 2 is 2.09 bits per heavy atom. The molecule has 4 N–H and O–H groups in total. The molecule has 0 saturated heterocycles. The Morgan fingerprint density at radius 1 is 1.21 bits per heavy atom. The molecule has 1 aliphatic carbocycles. The van der Waals surface area contributed by atoms with Crippen LogP contribution >= 0.6 is 11.3 Å². The molecule has 0 aliphatic heterocycles. The standard InChI is InChI=1S/C26H34N4O3S/c1-2-3-4-5-12-30(28-11-10-18-6-9-22-25(13-18)34-26(33)29-22)21-8-7-19-16-24(32)23(27-17-31)15-20(19)14-21/h6,9,13,15-17,21,28,32H,2-5,7-8,10-12,14H2,1H3,(H,27,31)(H,29,33). The fourth-order valence-corrected chi connectivity index (χ4v) is 5.61. The van der Waals surface area contributed by atoms with E-state index in [2.05, 4.69) is 39.8 Å². The number of aromatic hydroxyl groups is 1. The van der Waals surface area contributed by atoms with E-state index in [0.717, 1.165) is 61.0 Å². The fraction of sp³-hybridized carbons (Fsp3) is 0.462. The Labute approximate surface area is 204 Å². The topological polar surface area (TPSA) is 97.5 Å². The number of anilines is 1. The first-order valence-corrected chi connectivity index (χ1v) is 13.1. The van der Waals surface area contributed by atoms with E-state index in [-0.39, 0.29) is 10.6 Å². The number of carbonyl (C=O) groups excluding carboxylic acids is 1. The van der Waals surface area contributed by atoms with Crippen LogP contribution in [0.5, 0.6) is 5.75 Å². The number of unbranched alkanes of at least 4 members (excludes halogenated alkanes) is 3. The molecule has 7 nitrogen and oxygen atoms in total. The van der Waals surface area contributed by atoms with Crippen molar-refractivity contribution in [1.82, 2.24) is 15.4 Å². The number of phenolic OH excluding ortho intramolecular Hbond substituents is 1. The van der Waals surface area contributed by atoms with Crippen molar-refractivity contribution in [3.8, 4) is 5.75 Å². The van der Waals surface area contributed by atoms with Gasteiger partial charge in [-0.15, -0.1) is 0 Å². The van der Waals surface area contributed by atoms with Crippen molar-refractivity contribution < 1.29 is 9.90 Å². The van der Waals surface area contributed by atoms with Crippen LogP contribution in [0.25, 0.3) is 10.2 Å². The summed E-state index contributed by atoms with van der Waals surface area (Å²) >= 11 is 1.26. The van der Waals surface area contributed by atoms with Crippen LogP contribution < -0.4 is 15.6 Å². The maximum Gasteiger partial charge on any atom is 0.305 e. The monoisotopic (exact) mass is 482 g/mol. The number of rotatable bonds is 12. The van der Waals surface area contributed by atoms with Gasteiger partial charge in [-0.2, -0.15) is 0 Å². The summed E-state index contributed by atoms with van der Waals surface area (Å²) in [6.07, 6.45) is 9.15. The lowest BCUT2D eigenvalue weighted by Gasteiger charge is -2.36. The summed E-state index contributed by atoms with van der Waals surface area (Å²) in [5.41, 5.74) is 8.64. The number of aromatic amines is 1. The van der Waals surface area contributed by atoms with E-state index >= 15 is 0 Å². The Bertz CT molecular complexity index is 1170. The van der Waals surface area contributed by atoms with Gasteiger partial charge < -0.3 is 15.4 Å². The van der Waals surface area contributed by atoms with Gasteiger partial charge in [-0.3, -0.25) is 15.0 Å². The molecule has 34 heavy (non-hydrogen) atoms. The van der Waals surface area contributed by atoms with Crippen molar-refractivity contribution in [3.05, 3.63) is 56.7 Å². The fourth-order valence-electron chi connectivity index (χ4n) is 4.81. The highest BCUT2D eigenvalue weighted by Crippen LogP contribution is 2.33. The van der Waals surface area contributed by atoms with Crippen molar-refractivity contribution in [3.63, 3.8) is 0 Å². The maximum atomic E-state index is 11.6. The number of fused-ring (bicyclic) bond motifs is 2. The van der Waals surface area contributed by atoms with Crippen molar-refractivity contribution in [2.45, 2.75) is 64.3 Å². The van der Waals surface area contributed by atoms with Gasteiger partial charge in [0, 0.05) is 19.1 Å². The number of carbonyl (C=O) groups is 1. The second kappa shape index (κ2) is 11.6. The SMILES string of the molecule is CCCCCCN(NCCc1ccc2[nH]c(=O)sc2c1)C1CCc2cc(O)c(NC=O)cc2C1. The van der Waals surface area contributed by atoms with E-state index in [0.29, 0.717) is 18.1 Å². The minimum Gasteiger partial charge on any atom is -0.506 e. The lowest BCUT2D eigenvalue weighted by molar-refractivity contribution is -0.105. The predicted molar refractivity (Wildman–Crippen MR) is 139 cm³/mol. The molecular formula is C26H34N4O3S. The molecule has 1 atom stereocenters. The average Bonchev–Trinajstić information content (AvgIpc) is 3.20. The van der Waals surface area contributed by atoms with Gasteiger partial charge in [0.15, 0.2) is 0 Å². The minimum absolute atomic E-state index is 0.0130. The van der Waals surface area contributed by atoms with Crippen molar-refractivity contribution in [2.75, 3.05) is 18.4 Å². The van der Waals surface area contributed by atoms with Crippen LogP contribution in [0.3, 0.4) is 0 Å². The normalized spacial score (nSPS) is 15.5. The van der Waals surface area contributed by atoms with Gasteiger partial charge in [-0.1, -0.05) is 43.6 Å². The van der Waals surface area contributed by atoms with Crippen LogP contribution in [-0.4, -0.2) is 40.6 Å². The molecule has 0 fully saturated rings. The quantitative estimate of drug-likeness (QED) is 0.133. The molecule has 0 saturated carbocycles. The first-order valence-electron chi connectivity index (χ1n) is 12.2. The van der Waals surface area contributed by atoms with Crippen LogP contribution in [0.1, 0.15) is 55.7 Å². The summed E-state index contributed by atoms with van der Waals surface area (Å²) in [6.45, 7) is 4.05. The summed E-state index contributed by atoms with van der Waals surface area (Å²) in [5, 5.41) is 15.2. The van der Waals surface area contributed by atoms with Crippen LogP contribution in [0.15, 0.2) is 35.1 Å². The number of nitrogens with zero attached hydrogens (tertiary/aromatic N) is 1. The van der Waals surface area contributed by atoms with Crippen molar-refractivity contribution >= 4 is 33.7 Å². The molecule has 1 unspecified atom stereocenters. The molecule has 1 aliphatic rings. The smallest absolute Gasteiger partial charge is 0.305 e. The van der Waals surface area contributed by atoms with Crippen LogP contribution in [-0.2, 0) is 24.1 Å². The van der Waals surface area contributed by atoms with Gasteiger partial charge in [0.1, 0.15) is 5.75 Å². The lowest BCUT2D eigenvalue weighted by Crippen LogP contribution is -2.49. The number of aromatic nitrogens is 1. The van der Waals surface area contributed by atoms with Gasteiger partial charge in [-0.25, -0.2) is 5.01 Å². The number of hydrazine groups is 1. The van der Waals surface area contributed by atoms with E-state index in [1.807, 2.05) is 12.1 Å². The van der Waals surface area contributed by atoms with Gasteiger partial charge >= 0.3 is 4.87 Å². The Morgan fingerprint density at radius 3 is 2.91 bits per heavy atom. The number of phenols is 1. The third kappa shape index (κ3) is 6.05. The first kappa shape index (κ1) is 24.4. The number of nitrogens with one attached hydrogen (secondary N) is 3. The molecule has 4 rings (SSSR count). The molecule has 2 aromatic carbocycles. The van der Waals surface area contributed by atoms with Crippen LogP contribution in [0.4, 0.5) is 5.69 Å². The molecule has 1 amide bonds. The second-order valence-electron chi connectivity index (χ2n) is 9.05. The van der Waals surface area contributed by atoms with Crippen LogP contribution in [0.2, 0.25) is 0 Å². The number of H-pyrrole nitrogens is 1. The summed E-state index contributed by atoms with van der Waals surface area (Å²) < 4.78 is 1.01. The lowest BCUT2D eigenvalue weighted by atomic mass is 9.87. The number of hydrogen-bond donors (Lipinski definition) is 4. The molecule has 3 aromatic rings. The highest BCUT2D eigenvalue weighted by atomic mass is 32.1.